The van der Waals surface area contributed by atoms with Gasteiger partial charge in [-0.05, 0) is 49.6 Å². The van der Waals surface area contributed by atoms with Crippen LogP contribution in [0.4, 0.5) is 20.8 Å². The van der Waals surface area contributed by atoms with Gasteiger partial charge in [-0.3, -0.25) is 14.9 Å². The molecular formula is C20H18FN3O4. The third-order valence-corrected chi connectivity index (χ3v) is 4.74. The molecule has 2 aliphatic rings. The van der Waals surface area contributed by atoms with E-state index in [-0.39, 0.29) is 11.3 Å². The third kappa shape index (κ3) is 3.40. The summed E-state index contributed by atoms with van der Waals surface area (Å²) in [6.07, 6.45) is 4.65. The number of furan rings is 1. The Morgan fingerprint density at radius 3 is 2.57 bits per heavy atom. The smallest absolute Gasteiger partial charge is 0.335 e. The van der Waals surface area contributed by atoms with Crippen LogP contribution in [-0.4, -0.2) is 30.9 Å². The van der Waals surface area contributed by atoms with E-state index in [1.54, 1.807) is 12.1 Å². The first-order valence-electron chi connectivity index (χ1n) is 9.05. The molecule has 3 heterocycles. The standard InChI is InChI=1S/C20H18FN3O4/c21-13-5-4-6-14(11-13)24-19(26)16(18(25)22-20(24)27)12-15-7-8-17(28-15)23-9-2-1-3-10-23/h4-8,11-12H,1-3,9-10H2,(H,22,25,27)/b16-12+. The van der Waals surface area contributed by atoms with Gasteiger partial charge in [-0.15, -0.1) is 0 Å². The number of urea groups is 1. The maximum absolute atomic E-state index is 13.5. The van der Waals surface area contributed by atoms with E-state index < -0.39 is 23.7 Å². The van der Waals surface area contributed by atoms with Crippen molar-refractivity contribution in [1.82, 2.24) is 5.32 Å². The van der Waals surface area contributed by atoms with Gasteiger partial charge in [-0.1, -0.05) is 6.07 Å². The molecule has 2 fully saturated rings. The van der Waals surface area contributed by atoms with E-state index in [1.165, 1.54) is 30.7 Å². The molecule has 2 saturated heterocycles. The van der Waals surface area contributed by atoms with Crippen LogP contribution in [0.5, 0.6) is 0 Å². The van der Waals surface area contributed by atoms with Gasteiger partial charge in [0, 0.05) is 19.2 Å². The van der Waals surface area contributed by atoms with Gasteiger partial charge in [0.25, 0.3) is 11.8 Å². The number of barbiturate groups is 1. The summed E-state index contributed by atoms with van der Waals surface area (Å²) in [5.74, 6) is -1.26. The number of carbonyl (C=O) groups excluding carboxylic acids is 3. The highest BCUT2D eigenvalue weighted by Crippen LogP contribution is 2.26. The Balaban J connectivity index is 1.63. The highest BCUT2D eigenvalue weighted by molar-refractivity contribution is 6.39. The number of nitrogens with one attached hydrogen (secondary N) is 1. The predicted octanol–water partition coefficient (Wildman–Crippen LogP) is 3.08. The molecule has 8 heteroatoms. The Hall–Kier alpha value is -3.42. The number of rotatable bonds is 3. The lowest BCUT2D eigenvalue weighted by atomic mass is 10.1. The summed E-state index contributed by atoms with van der Waals surface area (Å²) in [5.41, 5.74) is -0.224. The fourth-order valence-electron chi connectivity index (χ4n) is 3.35. The third-order valence-electron chi connectivity index (χ3n) is 4.74. The largest absolute Gasteiger partial charge is 0.441 e. The summed E-state index contributed by atoms with van der Waals surface area (Å²) in [7, 11) is 0. The van der Waals surface area contributed by atoms with Crippen molar-refractivity contribution in [3.8, 4) is 0 Å². The van der Waals surface area contributed by atoms with Gasteiger partial charge in [-0.25, -0.2) is 14.1 Å². The Bertz CT molecular complexity index is 975. The SMILES string of the molecule is O=C1NC(=O)N(c2cccc(F)c2)C(=O)/C1=C/c1ccc(N2CCCCC2)o1. The zero-order valence-electron chi connectivity index (χ0n) is 15.0. The summed E-state index contributed by atoms with van der Waals surface area (Å²) in [4.78, 5) is 39.9. The molecule has 7 nitrogen and oxygen atoms in total. The Labute approximate surface area is 160 Å². The molecule has 0 radical (unpaired) electrons. The number of imide groups is 2. The van der Waals surface area contributed by atoms with Crippen molar-refractivity contribution in [3.63, 3.8) is 0 Å². The number of halogens is 1. The minimum Gasteiger partial charge on any atom is -0.441 e. The van der Waals surface area contributed by atoms with E-state index in [1.807, 2.05) is 0 Å². The number of amides is 4. The van der Waals surface area contributed by atoms with Crippen LogP contribution in [0, 0.1) is 5.82 Å². The molecule has 1 aromatic carbocycles. The van der Waals surface area contributed by atoms with Crippen molar-refractivity contribution in [3.05, 3.63) is 53.5 Å². The van der Waals surface area contributed by atoms with Gasteiger partial charge in [0.1, 0.15) is 17.2 Å². The Morgan fingerprint density at radius 1 is 1.04 bits per heavy atom. The lowest BCUT2D eigenvalue weighted by molar-refractivity contribution is -0.122. The van der Waals surface area contributed by atoms with Crippen LogP contribution in [0.15, 0.2) is 46.4 Å². The molecule has 144 valence electrons. The molecule has 28 heavy (non-hydrogen) atoms. The molecule has 0 aliphatic carbocycles. The van der Waals surface area contributed by atoms with E-state index in [4.69, 9.17) is 4.42 Å². The summed E-state index contributed by atoms with van der Waals surface area (Å²) in [6.45, 7) is 1.79. The minimum absolute atomic E-state index is 0.0364. The summed E-state index contributed by atoms with van der Waals surface area (Å²) >= 11 is 0. The molecule has 0 saturated carbocycles. The van der Waals surface area contributed by atoms with Crippen molar-refractivity contribution in [1.29, 1.82) is 0 Å². The highest BCUT2D eigenvalue weighted by Gasteiger charge is 2.37. The van der Waals surface area contributed by atoms with Gasteiger partial charge < -0.3 is 9.32 Å². The number of hydrogen-bond donors (Lipinski definition) is 1. The van der Waals surface area contributed by atoms with Gasteiger partial charge in [-0.2, -0.15) is 0 Å². The topological polar surface area (TPSA) is 82.9 Å². The summed E-state index contributed by atoms with van der Waals surface area (Å²) < 4.78 is 19.3. The van der Waals surface area contributed by atoms with Crippen LogP contribution < -0.4 is 15.1 Å². The second-order valence-corrected chi connectivity index (χ2v) is 6.66. The van der Waals surface area contributed by atoms with Crippen LogP contribution in [0.2, 0.25) is 0 Å². The number of anilines is 2. The average molecular weight is 383 g/mol. The monoisotopic (exact) mass is 383 g/mol. The van der Waals surface area contributed by atoms with Crippen LogP contribution in [-0.2, 0) is 9.59 Å². The number of benzene rings is 1. The summed E-state index contributed by atoms with van der Waals surface area (Å²) in [5, 5.41) is 2.10. The lowest BCUT2D eigenvalue weighted by Crippen LogP contribution is -2.54. The maximum atomic E-state index is 13.5. The predicted molar refractivity (Wildman–Crippen MR) is 100 cm³/mol. The first kappa shape index (κ1) is 18.0. The van der Waals surface area contributed by atoms with Crippen LogP contribution in [0.1, 0.15) is 25.0 Å². The Kier molecular flexibility index (Phi) is 4.68. The second-order valence-electron chi connectivity index (χ2n) is 6.66. The molecule has 0 atom stereocenters. The van der Waals surface area contributed by atoms with Gasteiger partial charge >= 0.3 is 6.03 Å². The first-order valence-corrected chi connectivity index (χ1v) is 9.05. The normalized spacial score (nSPS) is 19.3. The molecular weight excluding hydrogens is 365 g/mol. The van der Waals surface area contributed by atoms with Gasteiger partial charge in [0.15, 0.2) is 5.88 Å². The van der Waals surface area contributed by atoms with Crippen LogP contribution in [0.3, 0.4) is 0 Å². The molecule has 2 aliphatic heterocycles. The van der Waals surface area contributed by atoms with Crippen molar-refractivity contribution in [2.24, 2.45) is 0 Å². The average Bonchev–Trinajstić information content (AvgIpc) is 3.14. The zero-order chi connectivity index (χ0) is 19.7. The van der Waals surface area contributed by atoms with E-state index in [9.17, 15) is 18.8 Å². The number of hydrogen-bond acceptors (Lipinski definition) is 5. The Morgan fingerprint density at radius 2 is 1.82 bits per heavy atom. The molecule has 1 aromatic heterocycles. The summed E-state index contributed by atoms with van der Waals surface area (Å²) in [6, 6.07) is 7.57. The van der Waals surface area contributed by atoms with Crippen molar-refractivity contribution in [2.75, 3.05) is 22.9 Å². The second kappa shape index (κ2) is 7.30. The molecule has 2 aromatic rings. The quantitative estimate of drug-likeness (QED) is 0.651. The van der Waals surface area contributed by atoms with Crippen LogP contribution in [0.25, 0.3) is 6.08 Å². The van der Waals surface area contributed by atoms with Gasteiger partial charge in [0.2, 0.25) is 0 Å². The van der Waals surface area contributed by atoms with E-state index in [2.05, 4.69) is 10.2 Å². The number of carbonyl (C=O) groups is 3. The maximum Gasteiger partial charge on any atom is 0.335 e. The van der Waals surface area contributed by atoms with Crippen molar-refractivity contribution in [2.45, 2.75) is 19.3 Å². The van der Waals surface area contributed by atoms with Crippen molar-refractivity contribution < 1.29 is 23.2 Å². The fourth-order valence-corrected chi connectivity index (χ4v) is 3.35. The molecule has 0 unspecified atom stereocenters. The van der Waals surface area contributed by atoms with E-state index in [0.717, 1.165) is 36.9 Å². The molecule has 1 N–H and O–H groups in total. The fraction of sp³-hybridized carbons (Fsp3) is 0.250. The van der Waals surface area contributed by atoms with E-state index >= 15 is 0 Å². The number of piperidine rings is 1. The van der Waals surface area contributed by atoms with Gasteiger partial charge in [0.05, 0.1) is 5.69 Å². The number of nitrogens with zero attached hydrogens (tertiary/aromatic N) is 2. The first-order chi connectivity index (χ1) is 13.5. The molecule has 0 spiro atoms. The van der Waals surface area contributed by atoms with Crippen molar-refractivity contribution >= 4 is 35.5 Å². The van der Waals surface area contributed by atoms with E-state index in [0.29, 0.717) is 11.6 Å². The minimum atomic E-state index is -0.925. The zero-order valence-corrected chi connectivity index (χ0v) is 15.0. The molecule has 0 bridgehead atoms. The lowest BCUT2D eigenvalue weighted by Gasteiger charge is -2.26. The molecule has 4 amide bonds. The van der Waals surface area contributed by atoms with Crippen LogP contribution >= 0.6 is 0 Å². The highest BCUT2D eigenvalue weighted by atomic mass is 19.1. The molecule has 4 rings (SSSR count).